The number of hydrogen-bond acceptors (Lipinski definition) is 7. The van der Waals surface area contributed by atoms with Crippen molar-refractivity contribution in [3.05, 3.63) is 51.2 Å². The molecule has 0 aliphatic carbocycles. The number of urea groups is 1. The van der Waals surface area contributed by atoms with E-state index in [2.05, 4.69) is 5.32 Å². The predicted octanol–water partition coefficient (Wildman–Crippen LogP) is 1.04. The van der Waals surface area contributed by atoms with E-state index in [0.29, 0.717) is 5.56 Å². The van der Waals surface area contributed by atoms with Gasteiger partial charge < -0.3 is 14.8 Å². The van der Waals surface area contributed by atoms with Crippen molar-refractivity contribution in [2.45, 2.75) is 13.0 Å². The zero-order chi connectivity index (χ0) is 18.8. The number of morpholine rings is 1. The fourth-order valence-corrected chi connectivity index (χ4v) is 2.85. The first-order chi connectivity index (χ1) is 12.4. The lowest BCUT2D eigenvalue weighted by Gasteiger charge is -2.37. The van der Waals surface area contributed by atoms with Crippen LogP contribution < -0.4 is 5.32 Å². The fraction of sp³-hybridized carbons (Fsp3) is 0.312. The van der Waals surface area contributed by atoms with Crippen molar-refractivity contribution >= 4 is 23.7 Å². The molecule has 26 heavy (non-hydrogen) atoms. The molecule has 2 aliphatic rings. The lowest BCUT2D eigenvalue weighted by molar-refractivity contribution is -0.384. The van der Waals surface area contributed by atoms with Crippen molar-refractivity contribution in [3.8, 4) is 0 Å². The number of rotatable bonds is 4. The quantitative estimate of drug-likeness (QED) is 0.482. The van der Waals surface area contributed by atoms with E-state index in [1.165, 1.54) is 24.3 Å². The number of carbonyl (C=O) groups is 3. The maximum Gasteiger partial charge on any atom is 0.355 e. The van der Waals surface area contributed by atoms with Crippen LogP contribution in [0.2, 0.25) is 0 Å². The molecular formula is C16H15N3O7. The van der Waals surface area contributed by atoms with E-state index in [-0.39, 0.29) is 36.7 Å². The summed E-state index contributed by atoms with van der Waals surface area (Å²) < 4.78 is 10.0. The summed E-state index contributed by atoms with van der Waals surface area (Å²) in [7, 11) is 0. The summed E-state index contributed by atoms with van der Waals surface area (Å²) in [5.74, 6) is -1.56. The van der Waals surface area contributed by atoms with Gasteiger partial charge in [0.2, 0.25) is 0 Å². The summed E-state index contributed by atoms with van der Waals surface area (Å²) in [6, 6.07) is 3.77. The molecule has 10 heteroatoms. The SMILES string of the molecule is CCOC(=O)C1=C2C(=O)OCCN2C(=O)N[C@H]1c1ccc([N+](=O)[O-])cc1. The van der Waals surface area contributed by atoms with Gasteiger partial charge in [-0.15, -0.1) is 0 Å². The number of nitro benzene ring substituents is 1. The van der Waals surface area contributed by atoms with Gasteiger partial charge in [-0.3, -0.25) is 15.0 Å². The van der Waals surface area contributed by atoms with Crippen molar-refractivity contribution in [3.63, 3.8) is 0 Å². The first-order valence-electron chi connectivity index (χ1n) is 7.84. The maximum atomic E-state index is 12.5. The van der Waals surface area contributed by atoms with Crippen LogP contribution in [-0.2, 0) is 19.1 Å². The highest BCUT2D eigenvalue weighted by atomic mass is 16.6. The third-order valence-corrected chi connectivity index (χ3v) is 4.00. The Hall–Kier alpha value is -3.43. The van der Waals surface area contributed by atoms with Gasteiger partial charge in [-0.25, -0.2) is 14.4 Å². The van der Waals surface area contributed by atoms with Gasteiger partial charge >= 0.3 is 18.0 Å². The standard InChI is InChI=1S/C16H15N3O7/c1-2-25-14(20)11-12(9-3-5-10(6-4-9)19(23)24)17-16(22)18-7-8-26-15(21)13(11)18/h3-6,12H,2,7-8H2,1H3,(H,17,22)/t12-/m0/s1. The van der Waals surface area contributed by atoms with Crippen LogP contribution in [0, 0.1) is 10.1 Å². The number of esters is 2. The number of nitrogens with one attached hydrogen (secondary N) is 1. The van der Waals surface area contributed by atoms with Crippen LogP contribution in [0.15, 0.2) is 35.5 Å². The van der Waals surface area contributed by atoms with Crippen LogP contribution in [0.25, 0.3) is 0 Å². The molecule has 1 aromatic rings. The number of benzene rings is 1. The molecule has 1 fully saturated rings. The third-order valence-electron chi connectivity index (χ3n) is 4.00. The number of amides is 2. The van der Waals surface area contributed by atoms with Crippen molar-refractivity contribution < 1.29 is 28.8 Å². The average molecular weight is 361 g/mol. The molecule has 1 N–H and O–H groups in total. The van der Waals surface area contributed by atoms with E-state index in [1.807, 2.05) is 0 Å². The minimum absolute atomic E-state index is 0.0219. The van der Waals surface area contributed by atoms with E-state index in [1.54, 1.807) is 6.92 Å². The monoisotopic (exact) mass is 361 g/mol. The molecule has 0 spiro atoms. The Labute approximate surface area is 147 Å². The summed E-state index contributed by atoms with van der Waals surface area (Å²) in [5.41, 5.74) is 0.0317. The van der Waals surface area contributed by atoms with Gasteiger partial charge in [0.15, 0.2) is 0 Å². The molecule has 0 unspecified atom stereocenters. The molecular weight excluding hydrogens is 346 g/mol. The number of nitrogens with zero attached hydrogens (tertiary/aromatic N) is 2. The van der Waals surface area contributed by atoms with Gasteiger partial charge in [0.05, 0.1) is 29.7 Å². The van der Waals surface area contributed by atoms with Gasteiger partial charge in [0, 0.05) is 12.1 Å². The summed E-state index contributed by atoms with van der Waals surface area (Å²) in [4.78, 5) is 48.5. The number of ether oxygens (including phenoxy) is 2. The number of non-ortho nitro benzene ring substituents is 1. The molecule has 0 bridgehead atoms. The van der Waals surface area contributed by atoms with Crippen LogP contribution in [0.5, 0.6) is 0 Å². The molecule has 10 nitrogen and oxygen atoms in total. The van der Waals surface area contributed by atoms with Crippen molar-refractivity contribution in [1.29, 1.82) is 0 Å². The maximum absolute atomic E-state index is 12.5. The highest BCUT2D eigenvalue weighted by molar-refractivity contribution is 6.06. The Bertz CT molecular complexity index is 816. The number of hydrogen-bond donors (Lipinski definition) is 1. The van der Waals surface area contributed by atoms with Crippen LogP contribution >= 0.6 is 0 Å². The van der Waals surface area contributed by atoms with Crippen LogP contribution in [0.4, 0.5) is 10.5 Å². The summed E-state index contributed by atoms with van der Waals surface area (Å²) >= 11 is 0. The van der Waals surface area contributed by atoms with E-state index < -0.39 is 28.9 Å². The fourth-order valence-electron chi connectivity index (χ4n) is 2.85. The van der Waals surface area contributed by atoms with Gasteiger partial charge in [0.25, 0.3) is 5.69 Å². The Balaban J connectivity index is 2.11. The minimum atomic E-state index is -0.987. The minimum Gasteiger partial charge on any atom is -0.463 e. The first kappa shape index (κ1) is 17.4. The Morgan fingerprint density at radius 2 is 2.08 bits per heavy atom. The highest BCUT2D eigenvalue weighted by Crippen LogP contribution is 2.33. The topological polar surface area (TPSA) is 128 Å². The number of cyclic esters (lactones) is 1. The van der Waals surface area contributed by atoms with Gasteiger partial charge in [-0.05, 0) is 24.6 Å². The lowest BCUT2D eigenvalue weighted by Crippen LogP contribution is -2.53. The normalized spacial score (nSPS) is 19.4. The molecule has 2 heterocycles. The molecule has 0 aromatic heterocycles. The van der Waals surface area contributed by atoms with Gasteiger partial charge in [-0.2, -0.15) is 0 Å². The smallest absolute Gasteiger partial charge is 0.355 e. The van der Waals surface area contributed by atoms with E-state index in [4.69, 9.17) is 9.47 Å². The summed E-state index contributed by atoms with van der Waals surface area (Å²) in [6.07, 6.45) is 0. The molecule has 3 rings (SSSR count). The Morgan fingerprint density at radius 1 is 1.38 bits per heavy atom. The van der Waals surface area contributed by atoms with E-state index in [9.17, 15) is 24.5 Å². The van der Waals surface area contributed by atoms with Crippen LogP contribution in [0.1, 0.15) is 18.5 Å². The molecule has 0 radical (unpaired) electrons. The molecule has 2 aliphatic heterocycles. The largest absolute Gasteiger partial charge is 0.463 e. The molecule has 1 saturated heterocycles. The second-order valence-corrected chi connectivity index (χ2v) is 5.50. The lowest BCUT2D eigenvalue weighted by atomic mass is 9.94. The summed E-state index contributed by atoms with van der Waals surface area (Å²) in [5, 5.41) is 13.5. The average Bonchev–Trinajstić information content (AvgIpc) is 2.62. The van der Waals surface area contributed by atoms with Crippen LogP contribution in [0.3, 0.4) is 0 Å². The molecule has 136 valence electrons. The first-order valence-corrected chi connectivity index (χ1v) is 7.84. The molecule has 2 amide bonds. The second kappa shape index (κ2) is 6.82. The van der Waals surface area contributed by atoms with E-state index >= 15 is 0 Å². The number of carbonyl (C=O) groups excluding carboxylic acids is 3. The second-order valence-electron chi connectivity index (χ2n) is 5.50. The molecule has 0 saturated carbocycles. The Morgan fingerprint density at radius 3 is 2.69 bits per heavy atom. The van der Waals surface area contributed by atoms with Gasteiger partial charge in [-0.1, -0.05) is 0 Å². The highest BCUT2D eigenvalue weighted by Gasteiger charge is 2.43. The Kier molecular flexibility index (Phi) is 4.57. The van der Waals surface area contributed by atoms with Crippen LogP contribution in [-0.4, -0.2) is 47.6 Å². The molecule has 1 aromatic carbocycles. The summed E-state index contributed by atoms with van der Waals surface area (Å²) in [6.45, 7) is 1.82. The van der Waals surface area contributed by atoms with Crippen molar-refractivity contribution in [2.75, 3.05) is 19.8 Å². The van der Waals surface area contributed by atoms with Crippen molar-refractivity contribution in [2.24, 2.45) is 0 Å². The zero-order valence-corrected chi connectivity index (χ0v) is 13.8. The third kappa shape index (κ3) is 2.96. The zero-order valence-electron chi connectivity index (χ0n) is 13.8. The molecule has 1 atom stereocenters. The van der Waals surface area contributed by atoms with Crippen molar-refractivity contribution in [1.82, 2.24) is 10.2 Å². The van der Waals surface area contributed by atoms with Gasteiger partial charge in [0.1, 0.15) is 12.3 Å². The number of fused-ring (bicyclic) bond motifs is 1. The van der Waals surface area contributed by atoms with E-state index in [0.717, 1.165) is 4.90 Å². The number of nitro groups is 1. The predicted molar refractivity (Wildman–Crippen MR) is 85.7 cm³/mol.